The van der Waals surface area contributed by atoms with Crippen LogP contribution in [0, 0.1) is 0 Å². The van der Waals surface area contributed by atoms with Crippen molar-refractivity contribution in [1.29, 1.82) is 0 Å². The zero-order valence-corrected chi connectivity index (χ0v) is 16.7. The predicted molar refractivity (Wildman–Crippen MR) is 116 cm³/mol. The maximum Gasteiger partial charge on any atom is 0.230 e. The number of unbranched alkanes of at least 4 members (excludes halogenated alkanes) is 4. The smallest absolute Gasteiger partial charge is 0.230 e. The molecule has 0 aliphatic carbocycles. The third-order valence-corrected chi connectivity index (χ3v) is 5.24. The lowest BCUT2D eigenvalue weighted by molar-refractivity contribution is 0.577. The van der Waals surface area contributed by atoms with Crippen molar-refractivity contribution in [2.75, 3.05) is 0 Å². The number of benzene rings is 2. The highest BCUT2D eigenvalue weighted by atomic mass is 15.2. The normalized spacial score (nSPS) is 11.9. The Hall–Kier alpha value is -2.95. The summed E-state index contributed by atoms with van der Waals surface area (Å²) in [5.74, 6) is 1.59. The summed E-state index contributed by atoms with van der Waals surface area (Å²) in [6.45, 7) is 3.19. The summed E-state index contributed by atoms with van der Waals surface area (Å²) in [4.78, 5) is 14.2. The molecule has 4 rings (SSSR count). The van der Waals surface area contributed by atoms with Crippen LogP contribution in [0.25, 0.3) is 22.1 Å². The van der Waals surface area contributed by atoms with E-state index >= 15 is 0 Å². The Labute approximate surface area is 165 Å². The molecule has 0 unspecified atom stereocenters. The standard InChI is InChI=1S/C23H27N5/c1-3-4-5-6-11-16-28-21-15-10-8-13-19(21)26-23(28)24-17-22-25-18-12-7-9-14-20(18)27(22)2/h7-10,12-15,17H,3-6,11,16H2,1-2H3. The number of hydrogen-bond acceptors (Lipinski definition) is 3. The van der Waals surface area contributed by atoms with Crippen LogP contribution in [0.5, 0.6) is 0 Å². The Morgan fingerprint density at radius 1 is 0.857 bits per heavy atom. The van der Waals surface area contributed by atoms with Gasteiger partial charge in [0, 0.05) is 13.6 Å². The Morgan fingerprint density at radius 3 is 2.29 bits per heavy atom. The quantitative estimate of drug-likeness (QED) is 0.296. The fraction of sp³-hybridized carbons (Fsp3) is 0.348. The molecule has 0 radical (unpaired) electrons. The highest BCUT2D eigenvalue weighted by Crippen LogP contribution is 2.23. The van der Waals surface area contributed by atoms with E-state index < -0.39 is 0 Å². The molecule has 2 heterocycles. The van der Waals surface area contributed by atoms with Crippen molar-refractivity contribution in [1.82, 2.24) is 19.1 Å². The van der Waals surface area contributed by atoms with Gasteiger partial charge in [-0.1, -0.05) is 56.9 Å². The molecule has 0 fully saturated rings. The minimum absolute atomic E-state index is 0.753. The molecule has 144 valence electrons. The van der Waals surface area contributed by atoms with Gasteiger partial charge in [-0.05, 0) is 30.7 Å². The van der Waals surface area contributed by atoms with Gasteiger partial charge in [0.15, 0.2) is 5.82 Å². The van der Waals surface area contributed by atoms with Gasteiger partial charge in [-0.2, -0.15) is 0 Å². The first-order valence-corrected chi connectivity index (χ1v) is 10.2. The van der Waals surface area contributed by atoms with Gasteiger partial charge in [0.05, 0.1) is 28.3 Å². The number of imidazole rings is 2. The molecule has 2 aromatic carbocycles. The number of fused-ring (bicyclic) bond motifs is 2. The Morgan fingerprint density at radius 2 is 1.54 bits per heavy atom. The average molecular weight is 374 g/mol. The van der Waals surface area contributed by atoms with Crippen molar-refractivity contribution in [3.05, 3.63) is 54.4 Å². The van der Waals surface area contributed by atoms with Crippen LogP contribution in [0.15, 0.2) is 53.5 Å². The van der Waals surface area contributed by atoms with Gasteiger partial charge < -0.3 is 9.13 Å². The van der Waals surface area contributed by atoms with Gasteiger partial charge in [-0.15, -0.1) is 0 Å². The highest BCUT2D eigenvalue weighted by Gasteiger charge is 2.10. The van der Waals surface area contributed by atoms with E-state index in [1.807, 2.05) is 37.5 Å². The van der Waals surface area contributed by atoms with E-state index in [9.17, 15) is 0 Å². The molecule has 0 aliphatic rings. The van der Waals surface area contributed by atoms with Crippen LogP contribution in [0.3, 0.4) is 0 Å². The van der Waals surface area contributed by atoms with E-state index in [0.29, 0.717) is 0 Å². The van der Waals surface area contributed by atoms with Crippen molar-refractivity contribution in [2.45, 2.75) is 45.6 Å². The van der Waals surface area contributed by atoms with Crippen LogP contribution in [-0.2, 0) is 13.6 Å². The summed E-state index contributed by atoms with van der Waals surface area (Å²) in [6, 6.07) is 16.4. The summed E-state index contributed by atoms with van der Waals surface area (Å²) in [5, 5.41) is 0. The maximum absolute atomic E-state index is 4.75. The van der Waals surface area contributed by atoms with Crippen molar-refractivity contribution in [3.63, 3.8) is 0 Å². The topological polar surface area (TPSA) is 48.0 Å². The summed E-state index contributed by atoms with van der Waals surface area (Å²) < 4.78 is 4.30. The molecule has 28 heavy (non-hydrogen) atoms. The minimum Gasteiger partial charge on any atom is -0.326 e. The summed E-state index contributed by atoms with van der Waals surface area (Å²) in [5.41, 5.74) is 4.23. The molecule has 0 aliphatic heterocycles. The van der Waals surface area contributed by atoms with E-state index in [2.05, 4.69) is 45.3 Å². The average Bonchev–Trinajstić information content (AvgIpc) is 3.24. The largest absolute Gasteiger partial charge is 0.326 e. The second kappa shape index (κ2) is 8.38. The molecule has 4 aromatic rings. The van der Waals surface area contributed by atoms with E-state index in [4.69, 9.17) is 9.98 Å². The van der Waals surface area contributed by atoms with Gasteiger partial charge >= 0.3 is 0 Å². The fourth-order valence-electron chi connectivity index (χ4n) is 3.65. The van der Waals surface area contributed by atoms with E-state index in [1.54, 1.807) is 0 Å². The van der Waals surface area contributed by atoms with Crippen molar-refractivity contribution >= 4 is 34.2 Å². The molecule has 0 bridgehead atoms. The Balaban J connectivity index is 1.62. The van der Waals surface area contributed by atoms with Crippen LogP contribution < -0.4 is 0 Å². The first-order valence-electron chi connectivity index (χ1n) is 10.2. The monoisotopic (exact) mass is 373 g/mol. The molecular formula is C23H27N5. The zero-order chi connectivity index (χ0) is 19.3. The number of hydrogen-bond donors (Lipinski definition) is 0. The third-order valence-electron chi connectivity index (χ3n) is 5.24. The van der Waals surface area contributed by atoms with Crippen LogP contribution in [-0.4, -0.2) is 25.3 Å². The van der Waals surface area contributed by atoms with Gasteiger partial charge in [-0.3, -0.25) is 0 Å². The number of para-hydroxylation sites is 4. The third kappa shape index (κ3) is 3.70. The Kier molecular flexibility index (Phi) is 5.51. The predicted octanol–water partition coefficient (Wildman–Crippen LogP) is 5.64. The second-order valence-electron chi connectivity index (χ2n) is 7.24. The van der Waals surface area contributed by atoms with Crippen LogP contribution in [0.2, 0.25) is 0 Å². The molecule has 2 aromatic heterocycles. The van der Waals surface area contributed by atoms with Crippen molar-refractivity contribution in [2.24, 2.45) is 12.0 Å². The molecule has 0 amide bonds. The molecule has 0 N–H and O–H groups in total. The lowest BCUT2D eigenvalue weighted by Gasteiger charge is -2.06. The Bertz CT molecular complexity index is 1100. The highest BCUT2D eigenvalue weighted by molar-refractivity contribution is 5.86. The first kappa shape index (κ1) is 18.4. The summed E-state index contributed by atoms with van der Waals surface area (Å²) >= 11 is 0. The molecule has 5 heteroatoms. The van der Waals surface area contributed by atoms with Gasteiger partial charge in [-0.25, -0.2) is 15.0 Å². The number of aryl methyl sites for hydroxylation is 2. The van der Waals surface area contributed by atoms with E-state index in [0.717, 1.165) is 46.8 Å². The van der Waals surface area contributed by atoms with E-state index in [-0.39, 0.29) is 0 Å². The molecule has 0 saturated carbocycles. The summed E-state index contributed by atoms with van der Waals surface area (Å²) in [6.07, 6.45) is 8.09. The van der Waals surface area contributed by atoms with Gasteiger partial charge in [0.1, 0.15) is 0 Å². The zero-order valence-electron chi connectivity index (χ0n) is 16.7. The number of aliphatic imine (C=N–C) groups is 1. The lowest BCUT2D eigenvalue weighted by Crippen LogP contribution is -1.99. The van der Waals surface area contributed by atoms with Crippen molar-refractivity contribution in [3.8, 4) is 0 Å². The fourth-order valence-corrected chi connectivity index (χ4v) is 3.65. The number of nitrogens with zero attached hydrogens (tertiary/aromatic N) is 5. The van der Waals surface area contributed by atoms with Crippen LogP contribution in [0.4, 0.5) is 5.95 Å². The minimum atomic E-state index is 0.753. The van der Waals surface area contributed by atoms with E-state index in [1.165, 1.54) is 25.7 Å². The molecule has 0 saturated heterocycles. The number of rotatable bonds is 8. The first-order chi connectivity index (χ1) is 13.8. The molecule has 5 nitrogen and oxygen atoms in total. The second-order valence-corrected chi connectivity index (χ2v) is 7.24. The lowest BCUT2D eigenvalue weighted by atomic mass is 10.1. The molecule has 0 atom stereocenters. The van der Waals surface area contributed by atoms with Gasteiger partial charge in [0.2, 0.25) is 5.95 Å². The SMILES string of the molecule is CCCCCCCn1c(N=Cc2nc3ccccc3n2C)nc2ccccc21. The number of aromatic nitrogens is 4. The molecular weight excluding hydrogens is 346 g/mol. The van der Waals surface area contributed by atoms with Crippen LogP contribution >= 0.6 is 0 Å². The summed E-state index contributed by atoms with van der Waals surface area (Å²) in [7, 11) is 2.02. The van der Waals surface area contributed by atoms with Crippen molar-refractivity contribution < 1.29 is 0 Å². The maximum atomic E-state index is 4.75. The van der Waals surface area contributed by atoms with Gasteiger partial charge in [0.25, 0.3) is 0 Å². The van der Waals surface area contributed by atoms with Crippen LogP contribution in [0.1, 0.15) is 44.9 Å². The molecule has 0 spiro atoms.